The lowest BCUT2D eigenvalue weighted by Gasteiger charge is -2.03. The molecular weight excluding hydrogens is 248 g/mol. The zero-order chi connectivity index (χ0) is 14.3. The van der Waals surface area contributed by atoms with E-state index in [1.165, 1.54) is 0 Å². The van der Waals surface area contributed by atoms with Crippen LogP contribution in [0, 0.1) is 5.92 Å². The number of hydrogen-bond acceptors (Lipinski definition) is 4. The molecule has 1 amide bonds. The molecule has 0 radical (unpaired) electrons. The van der Waals surface area contributed by atoms with Gasteiger partial charge in [-0.3, -0.25) is 14.3 Å². The van der Waals surface area contributed by atoms with Crippen molar-refractivity contribution in [3.8, 4) is 0 Å². The molecule has 0 fully saturated rings. The topological polar surface area (TPSA) is 97.1 Å². The Morgan fingerprint density at radius 2 is 2.21 bits per heavy atom. The SMILES string of the molecule is CC(C)CCn1cc(C(=O)NCCCC(=O)O)nn1. The second-order valence-electron chi connectivity index (χ2n) is 4.80. The average molecular weight is 268 g/mol. The normalized spacial score (nSPS) is 10.7. The minimum atomic E-state index is -0.867. The van der Waals surface area contributed by atoms with Gasteiger partial charge in [-0.15, -0.1) is 5.10 Å². The quantitative estimate of drug-likeness (QED) is 0.683. The minimum absolute atomic E-state index is 0.0430. The number of carboxylic acid groups (broad SMARTS) is 1. The Hall–Kier alpha value is -1.92. The van der Waals surface area contributed by atoms with Gasteiger partial charge in [0.1, 0.15) is 0 Å². The van der Waals surface area contributed by atoms with E-state index >= 15 is 0 Å². The fourth-order valence-corrected chi connectivity index (χ4v) is 1.43. The van der Waals surface area contributed by atoms with Gasteiger partial charge in [0, 0.05) is 19.5 Å². The van der Waals surface area contributed by atoms with E-state index < -0.39 is 5.97 Å². The van der Waals surface area contributed by atoms with Crippen molar-refractivity contribution in [3.05, 3.63) is 11.9 Å². The molecule has 7 heteroatoms. The van der Waals surface area contributed by atoms with Crippen molar-refractivity contribution < 1.29 is 14.7 Å². The maximum Gasteiger partial charge on any atom is 0.303 e. The summed E-state index contributed by atoms with van der Waals surface area (Å²) in [6.45, 7) is 5.29. The van der Waals surface area contributed by atoms with Crippen LogP contribution in [0.2, 0.25) is 0 Å². The molecule has 2 N–H and O–H groups in total. The monoisotopic (exact) mass is 268 g/mol. The Balaban J connectivity index is 2.34. The maximum absolute atomic E-state index is 11.7. The van der Waals surface area contributed by atoms with E-state index in [9.17, 15) is 9.59 Å². The third-order valence-electron chi connectivity index (χ3n) is 2.56. The number of carbonyl (C=O) groups is 2. The summed E-state index contributed by atoms with van der Waals surface area (Å²) < 4.78 is 1.65. The molecule has 0 aliphatic carbocycles. The molecule has 0 unspecified atom stereocenters. The lowest BCUT2D eigenvalue weighted by molar-refractivity contribution is -0.137. The molecule has 1 aromatic rings. The number of amides is 1. The molecular formula is C12H20N4O3. The Labute approximate surface area is 112 Å². The van der Waals surface area contributed by atoms with Gasteiger partial charge in [0.25, 0.3) is 5.91 Å². The van der Waals surface area contributed by atoms with Crippen molar-refractivity contribution >= 4 is 11.9 Å². The van der Waals surface area contributed by atoms with E-state index in [2.05, 4.69) is 29.5 Å². The summed E-state index contributed by atoms with van der Waals surface area (Å²) in [6, 6.07) is 0. The number of nitrogens with zero attached hydrogens (tertiary/aromatic N) is 3. The second kappa shape index (κ2) is 7.50. The summed E-state index contributed by atoms with van der Waals surface area (Å²) in [7, 11) is 0. The van der Waals surface area contributed by atoms with Crippen LogP contribution in [-0.2, 0) is 11.3 Å². The summed E-state index contributed by atoms with van der Waals surface area (Å²) in [6.07, 6.45) is 3.03. The summed E-state index contributed by atoms with van der Waals surface area (Å²) in [5.41, 5.74) is 0.263. The first kappa shape index (κ1) is 15.1. The van der Waals surface area contributed by atoms with Crippen LogP contribution in [0.25, 0.3) is 0 Å². The van der Waals surface area contributed by atoms with Crippen LogP contribution in [0.5, 0.6) is 0 Å². The van der Waals surface area contributed by atoms with E-state index in [4.69, 9.17) is 5.11 Å². The molecule has 0 bridgehead atoms. The average Bonchev–Trinajstić information content (AvgIpc) is 2.80. The van der Waals surface area contributed by atoms with Crippen LogP contribution in [0.4, 0.5) is 0 Å². The summed E-state index contributed by atoms with van der Waals surface area (Å²) in [5, 5.41) is 18.7. The predicted molar refractivity (Wildman–Crippen MR) is 68.7 cm³/mol. The molecule has 106 valence electrons. The van der Waals surface area contributed by atoms with Crippen LogP contribution in [-0.4, -0.2) is 38.5 Å². The number of aromatic nitrogens is 3. The Morgan fingerprint density at radius 1 is 1.47 bits per heavy atom. The number of aliphatic carboxylic acids is 1. The van der Waals surface area contributed by atoms with Gasteiger partial charge in [0.15, 0.2) is 5.69 Å². The number of carbonyl (C=O) groups excluding carboxylic acids is 1. The third-order valence-corrected chi connectivity index (χ3v) is 2.56. The standard InChI is InChI=1S/C12H20N4O3/c1-9(2)5-7-16-8-10(14-15-16)12(19)13-6-3-4-11(17)18/h8-9H,3-7H2,1-2H3,(H,13,19)(H,17,18). The van der Waals surface area contributed by atoms with Gasteiger partial charge in [0.05, 0.1) is 6.20 Å². The molecule has 19 heavy (non-hydrogen) atoms. The highest BCUT2D eigenvalue weighted by Crippen LogP contribution is 2.02. The van der Waals surface area contributed by atoms with E-state index in [0.717, 1.165) is 13.0 Å². The molecule has 0 saturated heterocycles. The molecule has 7 nitrogen and oxygen atoms in total. The highest BCUT2D eigenvalue weighted by atomic mass is 16.4. The largest absolute Gasteiger partial charge is 0.481 e. The molecule has 0 aromatic carbocycles. The molecule has 0 aliphatic rings. The van der Waals surface area contributed by atoms with Crippen molar-refractivity contribution in [2.45, 2.75) is 39.7 Å². The van der Waals surface area contributed by atoms with Gasteiger partial charge in [-0.2, -0.15) is 0 Å². The van der Waals surface area contributed by atoms with E-state index in [-0.39, 0.29) is 18.0 Å². The first-order chi connectivity index (χ1) is 8.99. The van der Waals surface area contributed by atoms with Crippen molar-refractivity contribution in [2.24, 2.45) is 5.92 Å². The number of hydrogen-bond donors (Lipinski definition) is 2. The maximum atomic E-state index is 11.7. The van der Waals surface area contributed by atoms with Crippen molar-refractivity contribution in [1.29, 1.82) is 0 Å². The lowest BCUT2D eigenvalue weighted by atomic mass is 10.1. The summed E-state index contributed by atoms with van der Waals surface area (Å²) in [5.74, 6) is -0.618. The van der Waals surface area contributed by atoms with Gasteiger partial charge < -0.3 is 10.4 Å². The van der Waals surface area contributed by atoms with Crippen molar-refractivity contribution in [3.63, 3.8) is 0 Å². The van der Waals surface area contributed by atoms with Crippen molar-refractivity contribution in [2.75, 3.05) is 6.54 Å². The van der Waals surface area contributed by atoms with Crippen LogP contribution >= 0.6 is 0 Å². The van der Waals surface area contributed by atoms with Gasteiger partial charge in [-0.05, 0) is 18.8 Å². The lowest BCUT2D eigenvalue weighted by Crippen LogP contribution is -2.25. The molecule has 1 aromatic heterocycles. The summed E-state index contributed by atoms with van der Waals surface area (Å²) >= 11 is 0. The smallest absolute Gasteiger partial charge is 0.303 e. The number of nitrogens with one attached hydrogen (secondary N) is 1. The van der Waals surface area contributed by atoms with Gasteiger partial charge in [-0.25, -0.2) is 0 Å². The zero-order valence-corrected chi connectivity index (χ0v) is 11.3. The van der Waals surface area contributed by atoms with E-state index in [1.54, 1.807) is 10.9 Å². The highest BCUT2D eigenvalue weighted by molar-refractivity contribution is 5.91. The van der Waals surface area contributed by atoms with Crippen LogP contribution in [0.15, 0.2) is 6.20 Å². The molecule has 0 atom stereocenters. The first-order valence-corrected chi connectivity index (χ1v) is 6.39. The molecule has 1 heterocycles. The minimum Gasteiger partial charge on any atom is -0.481 e. The fourth-order valence-electron chi connectivity index (χ4n) is 1.43. The Morgan fingerprint density at radius 3 is 2.84 bits per heavy atom. The van der Waals surface area contributed by atoms with E-state index in [0.29, 0.717) is 18.9 Å². The van der Waals surface area contributed by atoms with Crippen LogP contribution < -0.4 is 5.32 Å². The molecule has 0 spiro atoms. The first-order valence-electron chi connectivity index (χ1n) is 6.39. The van der Waals surface area contributed by atoms with Crippen LogP contribution in [0.3, 0.4) is 0 Å². The Kier molecular flexibility index (Phi) is 5.98. The highest BCUT2D eigenvalue weighted by Gasteiger charge is 2.10. The van der Waals surface area contributed by atoms with Crippen LogP contribution in [0.1, 0.15) is 43.6 Å². The Bertz CT molecular complexity index is 428. The number of rotatable bonds is 8. The van der Waals surface area contributed by atoms with Gasteiger partial charge in [0.2, 0.25) is 0 Å². The van der Waals surface area contributed by atoms with E-state index in [1.807, 2.05) is 0 Å². The van der Waals surface area contributed by atoms with Gasteiger partial charge >= 0.3 is 5.97 Å². The number of aryl methyl sites for hydroxylation is 1. The molecule has 0 saturated carbocycles. The fraction of sp³-hybridized carbons (Fsp3) is 0.667. The van der Waals surface area contributed by atoms with Crippen molar-refractivity contribution in [1.82, 2.24) is 20.3 Å². The second-order valence-corrected chi connectivity index (χ2v) is 4.80. The third kappa shape index (κ3) is 5.98. The molecule has 0 aliphatic heterocycles. The van der Waals surface area contributed by atoms with Gasteiger partial charge in [-0.1, -0.05) is 19.1 Å². The summed E-state index contributed by atoms with van der Waals surface area (Å²) in [4.78, 5) is 22.0. The molecule has 1 rings (SSSR count). The number of carboxylic acids is 1. The predicted octanol–water partition coefficient (Wildman–Crippen LogP) is 0.919. The zero-order valence-electron chi connectivity index (χ0n) is 11.3.